The van der Waals surface area contributed by atoms with Gasteiger partial charge in [-0.3, -0.25) is 9.59 Å². The number of nitrogens with one attached hydrogen (secondary N) is 1. The van der Waals surface area contributed by atoms with Gasteiger partial charge in [0.1, 0.15) is 19.0 Å². The van der Waals surface area contributed by atoms with Gasteiger partial charge >= 0.3 is 0 Å². The van der Waals surface area contributed by atoms with Crippen molar-refractivity contribution in [3.8, 4) is 17.2 Å². The van der Waals surface area contributed by atoms with Gasteiger partial charge in [-0.2, -0.15) is 0 Å². The predicted molar refractivity (Wildman–Crippen MR) is 105 cm³/mol. The number of nitrogens with zero attached hydrogens (tertiary/aromatic N) is 1. The van der Waals surface area contributed by atoms with Crippen molar-refractivity contribution in [2.75, 3.05) is 25.1 Å². The van der Waals surface area contributed by atoms with Crippen LogP contribution >= 0.6 is 0 Å². The topological polar surface area (TPSA) is 77.1 Å². The van der Waals surface area contributed by atoms with Gasteiger partial charge in [0.2, 0.25) is 5.91 Å². The van der Waals surface area contributed by atoms with Crippen LogP contribution in [0.3, 0.4) is 0 Å². The lowest BCUT2D eigenvalue weighted by molar-refractivity contribution is -0.137. The Morgan fingerprint density at radius 1 is 1.07 bits per heavy atom. The largest absolute Gasteiger partial charge is 0.486 e. The molecule has 5 rings (SSSR count). The second-order valence-corrected chi connectivity index (χ2v) is 7.44. The minimum absolute atomic E-state index is 0.0151. The monoisotopic (exact) mass is 394 g/mol. The molecule has 0 aromatic heterocycles. The van der Waals surface area contributed by atoms with Gasteiger partial charge in [-0.1, -0.05) is 18.2 Å². The molecule has 2 atom stereocenters. The third-order valence-corrected chi connectivity index (χ3v) is 5.59. The SMILES string of the molecule is O=C1Nc2ccccc2O[C@@H]1CC(=O)N1CCC[C@H]1c1ccc2c(c1)OCCO2. The van der Waals surface area contributed by atoms with Crippen LogP contribution in [-0.4, -0.2) is 42.6 Å². The number of ether oxygens (including phenoxy) is 3. The van der Waals surface area contributed by atoms with Crippen LogP contribution in [0, 0.1) is 0 Å². The summed E-state index contributed by atoms with van der Waals surface area (Å²) in [7, 11) is 0. The number of hydrogen-bond donors (Lipinski definition) is 1. The zero-order valence-corrected chi connectivity index (χ0v) is 15.9. The maximum atomic E-state index is 13.1. The highest BCUT2D eigenvalue weighted by Gasteiger charge is 2.35. The van der Waals surface area contributed by atoms with E-state index in [4.69, 9.17) is 14.2 Å². The van der Waals surface area contributed by atoms with E-state index in [1.807, 2.05) is 35.2 Å². The molecule has 0 saturated carbocycles. The van der Waals surface area contributed by atoms with Gasteiger partial charge < -0.3 is 24.4 Å². The summed E-state index contributed by atoms with van der Waals surface area (Å²) in [5, 5.41) is 2.82. The first-order valence-electron chi connectivity index (χ1n) is 9.94. The van der Waals surface area contributed by atoms with Crippen molar-refractivity contribution in [2.24, 2.45) is 0 Å². The Bertz CT molecular complexity index is 960. The van der Waals surface area contributed by atoms with Crippen LogP contribution in [0.15, 0.2) is 42.5 Å². The summed E-state index contributed by atoms with van der Waals surface area (Å²) in [5.41, 5.74) is 1.66. The van der Waals surface area contributed by atoms with Crippen molar-refractivity contribution in [3.05, 3.63) is 48.0 Å². The molecule has 0 spiro atoms. The molecule has 7 heteroatoms. The standard InChI is InChI=1S/C22H22N2O5/c25-21(13-20-22(26)23-15-4-1-2-6-17(15)29-20)24-9-3-5-16(24)14-7-8-18-19(12-14)28-11-10-27-18/h1-2,4,6-8,12,16,20H,3,5,9-11,13H2,(H,23,26)/t16-,20+/m0/s1. The summed E-state index contributed by atoms with van der Waals surface area (Å²) in [5.74, 6) is 1.69. The zero-order chi connectivity index (χ0) is 19.8. The first-order valence-corrected chi connectivity index (χ1v) is 9.94. The third kappa shape index (κ3) is 3.37. The Balaban J connectivity index is 1.31. The van der Waals surface area contributed by atoms with E-state index in [0.29, 0.717) is 31.2 Å². The van der Waals surface area contributed by atoms with Crippen molar-refractivity contribution >= 4 is 17.5 Å². The number of carbonyl (C=O) groups is 2. The molecule has 7 nitrogen and oxygen atoms in total. The van der Waals surface area contributed by atoms with Crippen LogP contribution in [-0.2, 0) is 9.59 Å². The lowest BCUT2D eigenvalue weighted by Gasteiger charge is -2.30. The molecule has 150 valence electrons. The number of amides is 2. The van der Waals surface area contributed by atoms with Crippen LogP contribution in [0.4, 0.5) is 5.69 Å². The van der Waals surface area contributed by atoms with E-state index < -0.39 is 6.10 Å². The Hall–Kier alpha value is -3.22. The fourth-order valence-corrected chi connectivity index (χ4v) is 4.18. The van der Waals surface area contributed by atoms with Crippen molar-refractivity contribution < 1.29 is 23.8 Å². The highest BCUT2D eigenvalue weighted by Crippen LogP contribution is 2.38. The molecule has 0 aliphatic carbocycles. The first-order chi connectivity index (χ1) is 14.2. The van der Waals surface area contributed by atoms with Crippen molar-refractivity contribution in [1.82, 2.24) is 4.90 Å². The van der Waals surface area contributed by atoms with Crippen LogP contribution in [0.5, 0.6) is 17.2 Å². The van der Waals surface area contributed by atoms with Crippen LogP contribution in [0.2, 0.25) is 0 Å². The minimum Gasteiger partial charge on any atom is -0.486 e. The second kappa shape index (κ2) is 7.31. The Labute approximate surface area is 168 Å². The number of hydrogen-bond acceptors (Lipinski definition) is 5. The average Bonchev–Trinajstić information content (AvgIpc) is 3.24. The fraction of sp³-hybridized carbons (Fsp3) is 0.364. The number of likely N-dealkylation sites (tertiary alicyclic amines) is 1. The number of carbonyl (C=O) groups excluding carboxylic acids is 2. The smallest absolute Gasteiger partial charge is 0.266 e. The summed E-state index contributed by atoms with van der Waals surface area (Å²) in [6.07, 6.45) is 0.998. The first kappa shape index (κ1) is 17.8. The summed E-state index contributed by atoms with van der Waals surface area (Å²) < 4.78 is 17.1. The molecule has 0 bridgehead atoms. The van der Waals surface area contributed by atoms with Gasteiger partial charge in [-0.25, -0.2) is 0 Å². The quantitative estimate of drug-likeness (QED) is 0.866. The summed E-state index contributed by atoms with van der Waals surface area (Å²) in [6, 6.07) is 13.1. The molecular weight excluding hydrogens is 372 g/mol. The maximum absolute atomic E-state index is 13.1. The van der Waals surface area contributed by atoms with Gasteiger partial charge in [-0.15, -0.1) is 0 Å². The van der Waals surface area contributed by atoms with E-state index in [-0.39, 0.29) is 24.3 Å². The lowest BCUT2D eigenvalue weighted by Crippen LogP contribution is -2.42. The fourth-order valence-electron chi connectivity index (χ4n) is 4.18. The lowest BCUT2D eigenvalue weighted by atomic mass is 10.0. The number of rotatable bonds is 3. The molecule has 3 aliphatic rings. The van der Waals surface area contributed by atoms with Crippen molar-refractivity contribution in [2.45, 2.75) is 31.4 Å². The van der Waals surface area contributed by atoms with E-state index in [1.165, 1.54) is 0 Å². The molecule has 29 heavy (non-hydrogen) atoms. The molecule has 2 amide bonds. The molecule has 1 N–H and O–H groups in total. The summed E-state index contributed by atoms with van der Waals surface area (Å²) in [4.78, 5) is 27.3. The predicted octanol–water partition coefficient (Wildman–Crippen LogP) is 2.91. The number of benzene rings is 2. The highest BCUT2D eigenvalue weighted by atomic mass is 16.6. The molecule has 3 aliphatic heterocycles. The Morgan fingerprint density at radius 2 is 1.90 bits per heavy atom. The van der Waals surface area contributed by atoms with Crippen LogP contribution in [0.1, 0.15) is 30.9 Å². The summed E-state index contributed by atoms with van der Waals surface area (Å²) >= 11 is 0. The second-order valence-electron chi connectivity index (χ2n) is 7.44. The van der Waals surface area contributed by atoms with E-state index in [2.05, 4.69) is 5.32 Å². The molecule has 3 heterocycles. The highest BCUT2D eigenvalue weighted by molar-refractivity contribution is 6.00. The van der Waals surface area contributed by atoms with Crippen LogP contribution < -0.4 is 19.5 Å². The van der Waals surface area contributed by atoms with Crippen molar-refractivity contribution in [3.63, 3.8) is 0 Å². The third-order valence-electron chi connectivity index (χ3n) is 5.59. The van der Waals surface area contributed by atoms with Gasteiger partial charge in [0, 0.05) is 6.54 Å². The molecule has 0 unspecified atom stereocenters. The number of fused-ring (bicyclic) bond motifs is 2. The Kier molecular flexibility index (Phi) is 4.50. The molecule has 2 aromatic carbocycles. The van der Waals surface area contributed by atoms with Gasteiger partial charge in [0.25, 0.3) is 5.91 Å². The van der Waals surface area contributed by atoms with Gasteiger partial charge in [0.15, 0.2) is 17.6 Å². The summed E-state index contributed by atoms with van der Waals surface area (Å²) in [6.45, 7) is 1.75. The van der Waals surface area contributed by atoms with E-state index in [1.54, 1.807) is 12.1 Å². The molecular formula is C22H22N2O5. The van der Waals surface area contributed by atoms with E-state index in [0.717, 1.165) is 29.9 Å². The Morgan fingerprint density at radius 3 is 2.79 bits per heavy atom. The molecule has 0 radical (unpaired) electrons. The average molecular weight is 394 g/mol. The minimum atomic E-state index is -0.820. The van der Waals surface area contributed by atoms with Gasteiger partial charge in [-0.05, 0) is 42.7 Å². The molecule has 2 aromatic rings. The molecule has 1 saturated heterocycles. The maximum Gasteiger partial charge on any atom is 0.266 e. The normalized spacial score (nSPS) is 22.5. The van der Waals surface area contributed by atoms with E-state index >= 15 is 0 Å². The zero-order valence-electron chi connectivity index (χ0n) is 15.9. The van der Waals surface area contributed by atoms with Crippen molar-refractivity contribution in [1.29, 1.82) is 0 Å². The van der Waals surface area contributed by atoms with Gasteiger partial charge in [0.05, 0.1) is 18.2 Å². The van der Waals surface area contributed by atoms with Crippen LogP contribution in [0.25, 0.3) is 0 Å². The number of anilines is 1. The molecule has 1 fully saturated rings. The number of para-hydroxylation sites is 2. The van der Waals surface area contributed by atoms with E-state index in [9.17, 15) is 9.59 Å².